The normalized spacial score (nSPS) is 9.35. The zero-order valence-corrected chi connectivity index (χ0v) is 10.3. The molecule has 0 unspecified atom stereocenters. The third kappa shape index (κ3) is 2.14. The number of rotatable bonds is 2. The van der Waals surface area contributed by atoms with Crippen molar-refractivity contribution in [2.24, 2.45) is 0 Å². The van der Waals surface area contributed by atoms with Crippen molar-refractivity contribution in [1.82, 2.24) is 10.2 Å². The van der Waals surface area contributed by atoms with Crippen LogP contribution in [0.15, 0.2) is 23.4 Å². The first-order valence-corrected chi connectivity index (χ1v) is 5.46. The number of halogens is 1. The van der Waals surface area contributed by atoms with E-state index < -0.39 is 5.82 Å². The fraction of sp³-hybridized carbons (Fsp3) is 0.0769. The number of aromatic nitrogens is 2. The number of aromatic amines is 1. The smallest absolute Gasteiger partial charge is 0.163 e. The molecule has 1 aromatic heterocycles. The minimum absolute atomic E-state index is 0.235. The summed E-state index contributed by atoms with van der Waals surface area (Å²) in [6.07, 6.45) is 0. The summed E-state index contributed by atoms with van der Waals surface area (Å²) in [4.78, 5) is 0. The van der Waals surface area contributed by atoms with Crippen LogP contribution in [0.1, 0.15) is 5.69 Å². The maximum atomic E-state index is 13.9. The Labute approximate surface area is 113 Å². The summed E-state index contributed by atoms with van der Waals surface area (Å²) in [6.45, 7) is 1.69. The van der Waals surface area contributed by atoms with Gasteiger partial charge in [-0.1, -0.05) is 0 Å². The Bertz CT molecular complexity index is 825. The molecule has 2 N–H and O–H groups in total. The summed E-state index contributed by atoms with van der Waals surface area (Å²) < 4.78 is 13.9. The second kappa shape index (κ2) is 5.09. The van der Waals surface area contributed by atoms with E-state index in [0.717, 1.165) is 0 Å². The lowest BCUT2D eigenvalue weighted by Gasteiger charge is -2.05. The van der Waals surface area contributed by atoms with Crippen LogP contribution in [0.4, 0.5) is 10.1 Å². The number of hydrogen-bond acceptors (Lipinski definition) is 5. The molecule has 1 heterocycles. The number of benzene rings is 1. The van der Waals surface area contributed by atoms with E-state index in [1.807, 2.05) is 0 Å². The quantitative estimate of drug-likeness (QED) is 0.809. The Balaban J connectivity index is 2.51. The number of anilines is 1. The second-order valence-corrected chi connectivity index (χ2v) is 3.91. The van der Waals surface area contributed by atoms with Gasteiger partial charge >= 0.3 is 0 Å². The Morgan fingerprint density at radius 1 is 1.25 bits per heavy atom. The first-order valence-electron chi connectivity index (χ1n) is 5.46. The topological polar surface area (TPSA) is 112 Å². The molecule has 0 amide bonds. The molecule has 2 aromatic rings. The van der Waals surface area contributed by atoms with E-state index in [9.17, 15) is 4.39 Å². The predicted octanol–water partition coefficient (Wildman–Crippen LogP) is 2.25. The summed E-state index contributed by atoms with van der Waals surface area (Å²) in [5.74, 6) is -0.510. The third-order valence-electron chi connectivity index (χ3n) is 2.64. The van der Waals surface area contributed by atoms with Gasteiger partial charge in [-0.3, -0.25) is 5.10 Å². The molecule has 0 radical (unpaired) electrons. The molecular weight excluding hydrogens is 259 g/mol. The Morgan fingerprint density at radius 3 is 2.55 bits per heavy atom. The number of nitrogens with one attached hydrogen (secondary N) is 2. The van der Waals surface area contributed by atoms with Gasteiger partial charge < -0.3 is 5.32 Å². The van der Waals surface area contributed by atoms with Crippen LogP contribution in [0.25, 0.3) is 10.9 Å². The van der Waals surface area contributed by atoms with Gasteiger partial charge in [0, 0.05) is 11.4 Å². The summed E-state index contributed by atoms with van der Waals surface area (Å²) in [7, 11) is 0. The highest BCUT2D eigenvalue weighted by atomic mass is 19.1. The first kappa shape index (κ1) is 13.1. The highest BCUT2D eigenvalue weighted by Gasteiger charge is 2.12. The fourth-order valence-corrected chi connectivity index (χ4v) is 1.75. The SMILES string of the molecule is Cc1[nH]nc2cc(NC(C#N)=C(C#N)C#N)cc(F)c12. The van der Waals surface area contributed by atoms with Crippen LogP contribution >= 0.6 is 0 Å². The van der Waals surface area contributed by atoms with E-state index in [2.05, 4.69) is 15.5 Å². The van der Waals surface area contributed by atoms with Gasteiger partial charge in [-0.25, -0.2) is 4.39 Å². The first-order chi connectivity index (χ1) is 9.60. The van der Waals surface area contributed by atoms with Crippen LogP contribution in [-0.4, -0.2) is 10.2 Å². The molecule has 7 heteroatoms. The molecule has 0 saturated heterocycles. The van der Waals surface area contributed by atoms with Gasteiger partial charge in [0.2, 0.25) is 0 Å². The van der Waals surface area contributed by atoms with E-state index in [0.29, 0.717) is 16.6 Å². The number of allylic oxidation sites excluding steroid dienone is 2. The van der Waals surface area contributed by atoms with Gasteiger partial charge in [-0.2, -0.15) is 20.9 Å². The summed E-state index contributed by atoms with van der Waals surface area (Å²) >= 11 is 0. The maximum absolute atomic E-state index is 13.9. The van der Waals surface area contributed by atoms with Crippen molar-refractivity contribution in [1.29, 1.82) is 15.8 Å². The van der Waals surface area contributed by atoms with Gasteiger partial charge in [0.15, 0.2) is 5.57 Å². The number of nitrogens with zero attached hydrogens (tertiary/aromatic N) is 4. The third-order valence-corrected chi connectivity index (χ3v) is 2.64. The summed E-state index contributed by atoms with van der Waals surface area (Å²) in [5.41, 5.74) is 0.612. The van der Waals surface area contributed by atoms with Crippen molar-refractivity contribution in [3.63, 3.8) is 0 Å². The van der Waals surface area contributed by atoms with E-state index >= 15 is 0 Å². The second-order valence-electron chi connectivity index (χ2n) is 3.91. The molecule has 0 aliphatic carbocycles. The summed E-state index contributed by atoms with van der Waals surface area (Å²) in [6, 6.07) is 7.59. The Kier molecular flexibility index (Phi) is 3.33. The monoisotopic (exact) mass is 266 g/mol. The number of fused-ring (bicyclic) bond motifs is 1. The van der Waals surface area contributed by atoms with Crippen LogP contribution in [0.2, 0.25) is 0 Å². The molecule has 0 fully saturated rings. The molecule has 0 aliphatic heterocycles. The fourth-order valence-electron chi connectivity index (χ4n) is 1.75. The van der Waals surface area contributed by atoms with Crippen molar-refractivity contribution in [3.05, 3.63) is 34.9 Å². The minimum atomic E-state index is -0.510. The Hall–Kier alpha value is -3.37. The van der Waals surface area contributed by atoms with Gasteiger partial charge in [-0.15, -0.1) is 0 Å². The molecule has 0 saturated carbocycles. The van der Waals surface area contributed by atoms with Gasteiger partial charge in [-0.05, 0) is 19.1 Å². The molecule has 0 aliphatic rings. The van der Waals surface area contributed by atoms with E-state index in [1.54, 1.807) is 25.1 Å². The van der Waals surface area contributed by atoms with E-state index in [1.165, 1.54) is 12.1 Å². The van der Waals surface area contributed by atoms with Gasteiger partial charge in [0.25, 0.3) is 0 Å². The van der Waals surface area contributed by atoms with Crippen molar-refractivity contribution in [2.75, 3.05) is 5.32 Å². The maximum Gasteiger partial charge on any atom is 0.163 e. The molecule has 0 spiro atoms. The van der Waals surface area contributed by atoms with Crippen LogP contribution < -0.4 is 5.32 Å². The number of hydrogen-bond donors (Lipinski definition) is 2. The van der Waals surface area contributed by atoms with Crippen LogP contribution in [0.3, 0.4) is 0 Å². The van der Waals surface area contributed by atoms with E-state index in [-0.39, 0.29) is 17.0 Å². The average molecular weight is 266 g/mol. The molecule has 20 heavy (non-hydrogen) atoms. The lowest BCUT2D eigenvalue weighted by Crippen LogP contribution is -2.01. The van der Waals surface area contributed by atoms with Gasteiger partial charge in [0.05, 0.1) is 10.9 Å². The highest BCUT2D eigenvalue weighted by molar-refractivity contribution is 5.85. The van der Waals surface area contributed by atoms with Crippen molar-refractivity contribution < 1.29 is 4.39 Å². The molecule has 2 rings (SSSR count). The zero-order valence-electron chi connectivity index (χ0n) is 10.3. The number of nitriles is 3. The van der Waals surface area contributed by atoms with Crippen molar-refractivity contribution in [2.45, 2.75) is 6.92 Å². The molecule has 96 valence electrons. The molecular formula is C13H7FN6. The molecule has 6 nitrogen and oxygen atoms in total. The van der Waals surface area contributed by atoms with Crippen LogP contribution in [0, 0.1) is 46.7 Å². The average Bonchev–Trinajstić information content (AvgIpc) is 2.80. The number of aryl methyl sites for hydroxylation is 1. The van der Waals surface area contributed by atoms with Crippen LogP contribution in [-0.2, 0) is 0 Å². The van der Waals surface area contributed by atoms with Crippen molar-refractivity contribution >= 4 is 16.6 Å². The predicted molar refractivity (Wildman–Crippen MR) is 68.3 cm³/mol. The summed E-state index contributed by atoms with van der Waals surface area (Å²) in [5, 5.41) is 35.9. The standard InChI is InChI=1S/C13H7FN6/c1-7-13-10(14)2-9(3-11(13)20-19-7)18-12(6-17)8(4-15)5-16/h2-3,18H,1H3,(H,19,20). The van der Waals surface area contributed by atoms with Crippen LogP contribution in [0.5, 0.6) is 0 Å². The largest absolute Gasteiger partial charge is 0.345 e. The molecule has 0 bridgehead atoms. The lowest BCUT2D eigenvalue weighted by atomic mass is 10.1. The lowest BCUT2D eigenvalue weighted by molar-refractivity contribution is 0.640. The molecule has 1 aromatic carbocycles. The highest BCUT2D eigenvalue weighted by Crippen LogP contribution is 2.24. The Morgan fingerprint density at radius 2 is 1.95 bits per heavy atom. The van der Waals surface area contributed by atoms with Crippen molar-refractivity contribution in [3.8, 4) is 18.2 Å². The van der Waals surface area contributed by atoms with E-state index in [4.69, 9.17) is 15.8 Å². The zero-order chi connectivity index (χ0) is 14.7. The van der Waals surface area contributed by atoms with Gasteiger partial charge in [0.1, 0.15) is 29.7 Å². The molecule has 0 atom stereocenters. The minimum Gasteiger partial charge on any atom is -0.345 e. The number of H-pyrrole nitrogens is 1.